The number of furan rings is 1. The van der Waals surface area contributed by atoms with Gasteiger partial charge in [-0.15, -0.1) is 0 Å². The highest BCUT2D eigenvalue weighted by Gasteiger charge is 2.35. The Hall–Kier alpha value is -3.62. The monoisotopic (exact) mass is 457 g/mol. The molecule has 0 aliphatic carbocycles. The predicted octanol–water partition coefficient (Wildman–Crippen LogP) is 4.93. The van der Waals surface area contributed by atoms with Gasteiger partial charge >= 0.3 is 0 Å². The van der Waals surface area contributed by atoms with E-state index in [0.29, 0.717) is 16.3 Å². The van der Waals surface area contributed by atoms with Crippen LogP contribution in [-0.2, 0) is 9.59 Å². The third kappa shape index (κ3) is 3.90. The molecule has 0 spiro atoms. The van der Waals surface area contributed by atoms with Crippen LogP contribution in [0.25, 0.3) is 17.4 Å². The van der Waals surface area contributed by atoms with Gasteiger partial charge in [0.05, 0.1) is 15.6 Å². The standard InChI is InChI=1S/C21H13Cl2N3O5/c1-11-2-3-12(9-18(11)23)25-21(28)16(20(27)24-25)10-14-5-7-19(31-14)15-8-13(26(29)30)4-6-17(15)22/h2-10H,1H3,(H,24,27)/b16-10-. The zero-order chi connectivity index (χ0) is 22.3. The first-order chi connectivity index (χ1) is 14.7. The summed E-state index contributed by atoms with van der Waals surface area (Å²) in [6.45, 7) is 1.82. The average molecular weight is 458 g/mol. The Bertz CT molecular complexity index is 1280. The minimum atomic E-state index is -0.604. The Morgan fingerprint density at radius 2 is 1.84 bits per heavy atom. The number of non-ortho nitro benzene ring substituents is 1. The van der Waals surface area contributed by atoms with E-state index in [-0.39, 0.29) is 27.8 Å². The first kappa shape index (κ1) is 20.6. The second kappa shape index (κ2) is 7.90. The van der Waals surface area contributed by atoms with Gasteiger partial charge in [0.25, 0.3) is 17.5 Å². The summed E-state index contributed by atoms with van der Waals surface area (Å²) in [4.78, 5) is 35.6. The van der Waals surface area contributed by atoms with Crippen molar-refractivity contribution in [3.63, 3.8) is 0 Å². The van der Waals surface area contributed by atoms with Crippen molar-refractivity contribution >= 4 is 52.5 Å². The molecule has 2 aromatic carbocycles. The molecule has 1 aromatic heterocycles. The van der Waals surface area contributed by atoms with E-state index in [9.17, 15) is 19.7 Å². The summed E-state index contributed by atoms with van der Waals surface area (Å²) in [6, 6.07) is 12.0. The molecule has 0 bridgehead atoms. The number of nitrogens with zero attached hydrogens (tertiary/aromatic N) is 2. The quantitative estimate of drug-likeness (QED) is 0.258. The second-order valence-corrected chi connectivity index (χ2v) is 7.51. The second-order valence-electron chi connectivity index (χ2n) is 6.70. The van der Waals surface area contributed by atoms with Gasteiger partial charge in [0.2, 0.25) is 0 Å². The number of nitro benzene ring substituents is 1. The van der Waals surface area contributed by atoms with Crippen LogP contribution in [0.2, 0.25) is 10.0 Å². The van der Waals surface area contributed by atoms with Gasteiger partial charge in [-0.1, -0.05) is 29.3 Å². The van der Waals surface area contributed by atoms with Crippen LogP contribution in [0.15, 0.2) is 58.5 Å². The molecule has 1 saturated heterocycles. The van der Waals surface area contributed by atoms with Crippen molar-refractivity contribution in [2.45, 2.75) is 6.92 Å². The lowest BCUT2D eigenvalue weighted by molar-refractivity contribution is -0.384. The highest BCUT2D eigenvalue weighted by atomic mass is 35.5. The molecule has 2 heterocycles. The zero-order valence-electron chi connectivity index (χ0n) is 15.9. The maximum atomic E-state index is 12.8. The number of aryl methyl sites for hydroxylation is 1. The number of anilines is 1. The van der Waals surface area contributed by atoms with Crippen LogP contribution in [0.5, 0.6) is 0 Å². The molecule has 0 saturated carbocycles. The van der Waals surface area contributed by atoms with Crippen LogP contribution in [0.1, 0.15) is 11.3 Å². The summed E-state index contributed by atoms with van der Waals surface area (Å²) in [7, 11) is 0. The van der Waals surface area contributed by atoms with Crippen molar-refractivity contribution in [3.05, 3.63) is 85.6 Å². The number of nitrogens with one attached hydrogen (secondary N) is 1. The molecule has 3 aromatic rings. The molecule has 31 heavy (non-hydrogen) atoms. The van der Waals surface area contributed by atoms with Crippen molar-refractivity contribution in [2.75, 3.05) is 5.01 Å². The van der Waals surface area contributed by atoms with Crippen molar-refractivity contribution in [1.29, 1.82) is 0 Å². The lowest BCUT2D eigenvalue weighted by Gasteiger charge is -2.15. The fraction of sp³-hybridized carbons (Fsp3) is 0.0476. The summed E-state index contributed by atoms with van der Waals surface area (Å²) < 4.78 is 5.66. The number of nitro groups is 1. The molecule has 10 heteroatoms. The number of amides is 2. The number of halogens is 2. The Balaban J connectivity index is 1.64. The van der Waals surface area contributed by atoms with Gasteiger partial charge in [-0.2, -0.15) is 0 Å². The van der Waals surface area contributed by atoms with Gasteiger partial charge in [-0.3, -0.25) is 25.1 Å². The normalized spacial score (nSPS) is 14.9. The number of carbonyl (C=O) groups is 2. The van der Waals surface area contributed by atoms with E-state index in [2.05, 4.69) is 5.43 Å². The molecule has 0 unspecified atom stereocenters. The molecular formula is C21H13Cl2N3O5. The Kier molecular flexibility index (Phi) is 5.26. The lowest BCUT2D eigenvalue weighted by Crippen LogP contribution is -2.35. The maximum absolute atomic E-state index is 12.8. The SMILES string of the molecule is Cc1ccc(N2NC(=O)/C(=C/c3ccc(-c4cc([N+](=O)[O-])ccc4Cl)o3)C2=O)cc1Cl. The van der Waals surface area contributed by atoms with E-state index >= 15 is 0 Å². The number of hydrogen-bond acceptors (Lipinski definition) is 5. The van der Waals surface area contributed by atoms with Crippen molar-refractivity contribution in [3.8, 4) is 11.3 Å². The number of benzene rings is 2. The van der Waals surface area contributed by atoms with Gasteiger partial charge < -0.3 is 4.42 Å². The topological polar surface area (TPSA) is 106 Å². The van der Waals surface area contributed by atoms with Crippen LogP contribution in [0.4, 0.5) is 11.4 Å². The van der Waals surface area contributed by atoms with E-state index < -0.39 is 16.7 Å². The van der Waals surface area contributed by atoms with Crippen LogP contribution in [0.3, 0.4) is 0 Å². The fourth-order valence-corrected chi connectivity index (χ4v) is 3.38. The lowest BCUT2D eigenvalue weighted by atomic mass is 10.1. The van der Waals surface area contributed by atoms with Gasteiger partial charge in [0, 0.05) is 22.7 Å². The summed E-state index contributed by atoms with van der Waals surface area (Å²) in [5.41, 5.74) is 3.77. The smallest absolute Gasteiger partial charge is 0.282 e. The number of rotatable bonds is 4. The molecule has 1 aliphatic rings. The van der Waals surface area contributed by atoms with Gasteiger partial charge in [0.1, 0.15) is 17.1 Å². The molecule has 1 N–H and O–H groups in total. The molecule has 1 fully saturated rings. The summed E-state index contributed by atoms with van der Waals surface area (Å²) in [5.74, 6) is -0.710. The van der Waals surface area contributed by atoms with Crippen LogP contribution in [0, 0.1) is 17.0 Å². The molecule has 156 valence electrons. The summed E-state index contributed by atoms with van der Waals surface area (Å²) >= 11 is 12.3. The Labute approximate surface area is 185 Å². The highest BCUT2D eigenvalue weighted by Crippen LogP contribution is 2.33. The van der Waals surface area contributed by atoms with Crippen molar-refractivity contribution in [2.24, 2.45) is 0 Å². The summed E-state index contributed by atoms with van der Waals surface area (Å²) in [5, 5.41) is 12.8. The zero-order valence-corrected chi connectivity index (χ0v) is 17.4. The number of hydrogen-bond donors (Lipinski definition) is 1. The minimum absolute atomic E-state index is 0.136. The van der Waals surface area contributed by atoms with Crippen LogP contribution < -0.4 is 10.4 Å². The van der Waals surface area contributed by atoms with E-state index in [1.54, 1.807) is 24.3 Å². The molecule has 1 aliphatic heterocycles. The maximum Gasteiger partial charge on any atom is 0.282 e. The van der Waals surface area contributed by atoms with Crippen LogP contribution in [-0.4, -0.2) is 16.7 Å². The van der Waals surface area contributed by atoms with Crippen LogP contribution >= 0.6 is 23.2 Å². The number of carbonyl (C=O) groups excluding carboxylic acids is 2. The van der Waals surface area contributed by atoms with Crippen molar-refractivity contribution in [1.82, 2.24) is 5.43 Å². The molecular weight excluding hydrogens is 445 g/mol. The average Bonchev–Trinajstić information content (AvgIpc) is 3.30. The summed E-state index contributed by atoms with van der Waals surface area (Å²) in [6.07, 6.45) is 1.29. The Morgan fingerprint density at radius 3 is 2.55 bits per heavy atom. The van der Waals surface area contributed by atoms with Crippen molar-refractivity contribution < 1.29 is 18.9 Å². The Morgan fingerprint density at radius 1 is 1.06 bits per heavy atom. The first-order valence-electron chi connectivity index (χ1n) is 8.92. The largest absolute Gasteiger partial charge is 0.457 e. The van der Waals surface area contributed by atoms with Gasteiger partial charge in [0.15, 0.2) is 0 Å². The third-order valence-corrected chi connectivity index (χ3v) is 5.38. The van der Waals surface area contributed by atoms with E-state index in [4.69, 9.17) is 27.6 Å². The fourth-order valence-electron chi connectivity index (χ4n) is 2.99. The minimum Gasteiger partial charge on any atom is -0.457 e. The van der Waals surface area contributed by atoms with E-state index in [0.717, 1.165) is 10.6 Å². The van der Waals surface area contributed by atoms with Gasteiger partial charge in [-0.05, 0) is 48.9 Å². The number of hydrazine groups is 1. The third-order valence-electron chi connectivity index (χ3n) is 4.64. The molecule has 4 rings (SSSR count). The van der Waals surface area contributed by atoms with E-state index in [1.165, 1.54) is 30.3 Å². The molecule has 8 nitrogen and oxygen atoms in total. The van der Waals surface area contributed by atoms with Gasteiger partial charge in [-0.25, -0.2) is 5.01 Å². The predicted molar refractivity (Wildman–Crippen MR) is 116 cm³/mol. The first-order valence-corrected chi connectivity index (χ1v) is 9.67. The molecule has 0 atom stereocenters. The molecule has 2 amide bonds. The van der Waals surface area contributed by atoms with E-state index in [1.807, 2.05) is 6.92 Å². The highest BCUT2D eigenvalue weighted by molar-refractivity contribution is 6.34. The molecule has 0 radical (unpaired) electrons.